The monoisotopic (exact) mass is 356 g/mol. The van der Waals surface area contributed by atoms with E-state index in [2.05, 4.69) is 5.32 Å². The Bertz CT molecular complexity index is 496. The number of phenolic OH excluding ortho intramolecular Hbond substituents is 1. The van der Waals surface area contributed by atoms with E-state index in [4.69, 9.17) is 23.2 Å². The number of phenols is 1. The third kappa shape index (κ3) is 4.65. The Morgan fingerprint density at radius 3 is 2.23 bits per heavy atom. The third-order valence-corrected chi connectivity index (χ3v) is 4.29. The molecule has 1 fully saturated rings. The number of piperazine rings is 1. The molecule has 8 heteroatoms. The summed E-state index contributed by atoms with van der Waals surface area (Å²) in [5.41, 5.74) is 0.596. The van der Waals surface area contributed by atoms with Gasteiger partial charge in [-0.3, -0.25) is 4.90 Å². The van der Waals surface area contributed by atoms with Gasteiger partial charge in [-0.1, -0.05) is 23.2 Å². The molecule has 0 amide bonds. The van der Waals surface area contributed by atoms with Gasteiger partial charge < -0.3 is 10.4 Å². The minimum atomic E-state index is -4.21. The number of hydrogen-bond donors (Lipinski definition) is 2. The predicted octanol–water partition coefficient (Wildman–Crippen LogP) is 3.99. The van der Waals surface area contributed by atoms with Crippen LogP contribution in [0, 0.1) is 0 Å². The second-order valence-corrected chi connectivity index (χ2v) is 6.10. The normalized spacial score (nSPS) is 18.4. The largest absolute Gasteiger partial charge is 0.505 e. The molecular weight excluding hydrogens is 340 g/mol. The van der Waals surface area contributed by atoms with Gasteiger partial charge in [-0.25, -0.2) is 0 Å². The van der Waals surface area contributed by atoms with E-state index >= 15 is 0 Å². The van der Waals surface area contributed by atoms with Gasteiger partial charge in [0.05, 0.1) is 10.0 Å². The number of benzene rings is 1. The van der Waals surface area contributed by atoms with Crippen molar-refractivity contribution < 1.29 is 18.3 Å². The van der Waals surface area contributed by atoms with Gasteiger partial charge in [-0.2, -0.15) is 13.2 Å². The van der Waals surface area contributed by atoms with Crippen LogP contribution in [-0.2, 0) is 0 Å². The smallest absolute Gasteiger partial charge is 0.389 e. The summed E-state index contributed by atoms with van der Waals surface area (Å²) in [6.45, 7) is 2.75. The van der Waals surface area contributed by atoms with Gasteiger partial charge in [0.15, 0.2) is 5.75 Å². The van der Waals surface area contributed by atoms with E-state index in [9.17, 15) is 18.3 Å². The molecule has 0 saturated carbocycles. The molecule has 124 valence electrons. The van der Waals surface area contributed by atoms with Crippen molar-refractivity contribution in [2.24, 2.45) is 0 Å². The number of alkyl halides is 3. The van der Waals surface area contributed by atoms with Crippen molar-refractivity contribution in [2.45, 2.75) is 25.1 Å². The first-order chi connectivity index (χ1) is 10.3. The maximum atomic E-state index is 12.6. The maximum Gasteiger partial charge on any atom is 0.389 e. The fourth-order valence-corrected chi connectivity index (χ4v) is 3.14. The fourth-order valence-electron chi connectivity index (χ4n) is 2.63. The van der Waals surface area contributed by atoms with Crippen molar-refractivity contribution >= 4 is 23.2 Å². The van der Waals surface area contributed by atoms with Gasteiger partial charge in [0.25, 0.3) is 0 Å². The Labute approximate surface area is 137 Å². The summed E-state index contributed by atoms with van der Waals surface area (Å²) in [7, 11) is 0. The lowest BCUT2D eigenvalue weighted by Crippen LogP contribution is -2.45. The van der Waals surface area contributed by atoms with Crippen molar-refractivity contribution in [1.82, 2.24) is 10.2 Å². The number of hydrogen-bond acceptors (Lipinski definition) is 3. The number of nitrogens with zero attached hydrogens (tertiary/aromatic N) is 1. The molecule has 0 aromatic heterocycles. The molecule has 2 N–H and O–H groups in total. The van der Waals surface area contributed by atoms with Crippen molar-refractivity contribution in [3.63, 3.8) is 0 Å². The predicted molar refractivity (Wildman–Crippen MR) is 80.6 cm³/mol. The molecule has 1 aliphatic rings. The summed E-state index contributed by atoms with van der Waals surface area (Å²) in [4.78, 5) is 1.99. The molecule has 1 aromatic carbocycles. The minimum Gasteiger partial charge on any atom is -0.505 e. The number of rotatable bonds is 4. The van der Waals surface area contributed by atoms with Crippen LogP contribution in [0.25, 0.3) is 0 Å². The summed E-state index contributed by atoms with van der Waals surface area (Å²) in [5.74, 6) is -0.248. The lowest BCUT2D eigenvalue weighted by Gasteiger charge is -2.35. The molecule has 1 heterocycles. The highest BCUT2D eigenvalue weighted by Gasteiger charge is 2.31. The lowest BCUT2D eigenvalue weighted by atomic mass is 9.99. The molecule has 2 rings (SSSR count). The Balaban J connectivity index is 2.26. The van der Waals surface area contributed by atoms with E-state index in [1.165, 1.54) is 12.1 Å². The van der Waals surface area contributed by atoms with Crippen LogP contribution in [0.4, 0.5) is 13.2 Å². The second-order valence-electron chi connectivity index (χ2n) is 5.29. The highest BCUT2D eigenvalue weighted by molar-refractivity contribution is 6.37. The van der Waals surface area contributed by atoms with Gasteiger partial charge >= 0.3 is 6.18 Å². The first-order valence-corrected chi connectivity index (χ1v) is 7.73. The summed E-state index contributed by atoms with van der Waals surface area (Å²) < 4.78 is 37.8. The van der Waals surface area contributed by atoms with Crippen LogP contribution in [-0.4, -0.2) is 42.4 Å². The molecule has 1 aliphatic heterocycles. The average molecular weight is 357 g/mol. The van der Waals surface area contributed by atoms with Crippen LogP contribution in [0.3, 0.4) is 0 Å². The molecule has 0 bridgehead atoms. The van der Waals surface area contributed by atoms with Crippen LogP contribution in [0.5, 0.6) is 5.75 Å². The first kappa shape index (κ1) is 17.7. The molecule has 22 heavy (non-hydrogen) atoms. The Hall–Kier alpha value is -0.690. The molecular formula is C14H17Cl2F3N2O. The van der Waals surface area contributed by atoms with Crippen LogP contribution in [0.15, 0.2) is 12.1 Å². The molecule has 0 unspecified atom stereocenters. The zero-order chi connectivity index (χ0) is 16.3. The lowest BCUT2D eigenvalue weighted by molar-refractivity contribution is -0.138. The molecule has 1 aromatic rings. The van der Waals surface area contributed by atoms with E-state index < -0.39 is 18.6 Å². The van der Waals surface area contributed by atoms with Gasteiger partial charge in [0.2, 0.25) is 0 Å². The van der Waals surface area contributed by atoms with E-state index in [-0.39, 0.29) is 22.2 Å². The van der Waals surface area contributed by atoms with Crippen LogP contribution in [0.2, 0.25) is 10.0 Å². The number of halogens is 5. The van der Waals surface area contributed by atoms with E-state index in [0.717, 1.165) is 13.1 Å². The molecule has 0 spiro atoms. The quantitative estimate of drug-likeness (QED) is 0.856. The molecule has 1 atom stereocenters. The minimum absolute atomic E-state index is 0.0506. The van der Waals surface area contributed by atoms with Gasteiger partial charge in [-0.15, -0.1) is 0 Å². The summed E-state index contributed by atoms with van der Waals surface area (Å²) in [6.07, 6.45) is -5.16. The second kappa shape index (κ2) is 7.25. The fraction of sp³-hybridized carbons (Fsp3) is 0.571. The van der Waals surface area contributed by atoms with Gasteiger partial charge in [0.1, 0.15) is 0 Å². The van der Waals surface area contributed by atoms with Crippen molar-refractivity contribution in [1.29, 1.82) is 0 Å². The molecule has 0 aliphatic carbocycles. The van der Waals surface area contributed by atoms with E-state index in [1.54, 1.807) is 0 Å². The van der Waals surface area contributed by atoms with Gasteiger partial charge in [-0.05, 0) is 24.1 Å². The number of aromatic hydroxyl groups is 1. The summed E-state index contributed by atoms with van der Waals surface area (Å²) in [5, 5.41) is 12.9. The van der Waals surface area contributed by atoms with Crippen LogP contribution >= 0.6 is 23.2 Å². The Morgan fingerprint density at radius 2 is 1.73 bits per heavy atom. The molecule has 1 saturated heterocycles. The number of nitrogens with one attached hydrogen (secondary N) is 1. The standard InChI is InChI=1S/C14H17Cl2F3N2O/c15-10-7-9(8-11(16)13(10)22)12(1-2-14(17,18)19)21-5-3-20-4-6-21/h7-8,12,20,22H,1-6H2/t12-/m1/s1. The maximum absolute atomic E-state index is 12.6. The SMILES string of the molecule is Oc1c(Cl)cc([C@@H](CCC(F)(F)F)N2CCNCC2)cc1Cl. The summed E-state index contributed by atoms with van der Waals surface area (Å²) in [6, 6.07) is 2.55. The summed E-state index contributed by atoms with van der Waals surface area (Å²) >= 11 is 11.8. The average Bonchev–Trinajstić information content (AvgIpc) is 2.45. The highest BCUT2D eigenvalue weighted by atomic mass is 35.5. The third-order valence-electron chi connectivity index (χ3n) is 3.72. The van der Waals surface area contributed by atoms with Crippen LogP contribution < -0.4 is 5.32 Å². The van der Waals surface area contributed by atoms with Gasteiger partial charge in [0, 0.05) is 38.6 Å². The van der Waals surface area contributed by atoms with Crippen molar-refractivity contribution in [2.75, 3.05) is 26.2 Å². The van der Waals surface area contributed by atoms with Crippen molar-refractivity contribution in [3.05, 3.63) is 27.7 Å². The molecule has 0 radical (unpaired) electrons. The van der Waals surface area contributed by atoms with Crippen molar-refractivity contribution in [3.8, 4) is 5.75 Å². The zero-order valence-electron chi connectivity index (χ0n) is 11.8. The Kier molecular flexibility index (Phi) is 5.82. The molecule has 3 nitrogen and oxygen atoms in total. The van der Waals surface area contributed by atoms with E-state index in [0.29, 0.717) is 18.7 Å². The Morgan fingerprint density at radius 1 is 1.18 bits per heavy atom. The van der Waals surface area contributed by atoms with E-state index in [1.807, 2.05) is 4.90 Å². The van der Waals surface area contributed by atoms with Crippen LogP contribution in [0.1, 0.15) is 24.4 Å². The first-order valence-electron chi connectivity index (χ1n) is 6.97. The zero-order valence-corrected chi connectivity index (χ0v) is 13.3. The topological polar surface area (TPSA) is 35.5 Å². The highest BCUT2D eigenvalue weighted by Crippen LogP contribution is 2.38.